The Kier molecular flexibility index (Phi) is 15.0. The average Bonchev–Trinajstić information content (AvgIpc) is 3.73. The number of carbonyl (C=O) groups excluding carboxylic acids is 2. The number of aromatic nitrogens is 3. The van der Waals surface area contributed by atoms with Gasteiger partial charge in [0.15, 0.2) is 6.23 Å². The number of hydrogen-bond donors (Lipinski definition) is 5. The molecule has 0 bridgehead atoms. The average molecular weight is 708 g/mol. The van der Waals surface area contributed by atoms with Gasteiger partial charge in [-0.1, -0.05) is 28.1 Å². The number of nitrogen functional groups attached to an aromatic ring is 1. The molecular weight excluding hydrogens is 670 g/mol. The maximum atomic E-state index is 12.3. The first-order chi connectivity index (χ1) is 24.9. The standard InChI is InChI=1S/C30H37N13O8/c31-6-8-36-30(46)19-3-1-5-21(11-19)49-16-25(40-42-34)48-10-9-47-15-24(45)35-7-2-4-20-13-43(29-27(20)28(32)37-17-38-29)26-12-22(23(14-44)51-26)50-18-39-41-33/h1,3,5,11,13,17,22-23,25-26,44H,6-10,12,14-16,18,31H2,(H,35,45)(H,36,46)(H2,32,37,38). The molecule has 270 valence electrons. The zero-order valence-corrected chi connectivity index (χ0v) is 27.3. The van der Waals surface area contributed by atoms with Crippen LogP contribution in [0.15, 0.2) is 47.0 Å². The van der Waals surface area contributed by atoms with E-state index in [4.69, 9.17) is 46.2 Å². The number of nitrogens with zero attached hydrogens (tertiary/aromatic N) is 9. The quantitative estimate of drug-likeness (QED) is 0.0381. The van der Waals surface area contributed by atoms with Crippen LogP contribution in [0.2, 0.25) is 0 Å². The summed E-state index contributed by atoms with van der Waals surface area (Å²) in [5, 5.41) is 22.5. The number of nitrogens with two attached hydrogens (primary N) is 2. The molecule has 4 atom stereocenters. The Morgan fingerprint density at radius 2 is 2.10 bits per heavy atom. The van der Waals surface area contributed by atoms with Crippen LogP contribution in [0.1, 0.15) is 28.6 Å². The monoisotopic (exact) mass is 707 g/mol. The molecule has 1 aromatic carbocycles. The SMILES string of the molecule is [N-]=[N+]=NCOC1CC(n2cc(C#CCNC(=O)COCCOC(COc3cccc(C(=O)NCCN)c3)N=[N+]=[N-])c3c(N)ncnc32)OC1CO. The molecule has 0 aliphatic carbocycles. The van der Waals surface area contributed by atoms with Gasteiger partial charge in [0.05, 0.1) is 43.4 Å². The number of ether oxygens (including phenoxy) is 5. The number of anilines is 1. The number of benzene rings is 1. The van der Waals surface area contributed by atoms with Gasteiger partial charge in [-0.05, 0) is 29.3 Å². The van der Waals surface area contributed by atoms with Crippen LogP contribution in [-0.4, -0.2) is 109 Å². The molecule has 1 aliphatic rings. The van der Waals surface area contributed by atoms with Gasteiger partial charge < -0.3 is 55.5 Å². The Morgan fingerprint density at radius 1 is 1.24 bits per heavy atom. The third-order valence-electron chi connectivity index (χ3n) is 7.19. The van der Waals surface area contributed by atoms with Crippen molar-refractivity contribution in [3.8, 4) is 17.6 Å². The highest BCUT2D eigenvalue weighted by Gasteiger charge is 2.37. The van der Waals surface area contributed by atoms with E-state index in [-0.39, 0.29) is 58.0 Å². The number of fused-ring (bicyclic) bond motifs is 1. The highest BCUT2D eigenvalue weighted by molar-refractivity contribution is 5.94. The van der Waals surface area contributed by atoms with Gasteiger partial charge in [0.25, 0.3) is 5.91 Å². The smallest absolute Gasteiger partial charge is 0.251 e. The molecule has 51 heavy (non-hydrogen) atoms. The van der Waals surface area contributed by atoms with Crippen LogP contribution in [0.5, 0.6) is 5.75 Å². The summed E-state index contributed by atoms with van der Waals surface area (Å²) in [5.74, 6) is 5.68. The normalized spacial score (nSPS) is 17.0. The van der Waals surface area contributed by atoms with Crippen molar-refractivity contribution in [2.24, 2.45) is 16.0 Å². The number of nitrogens with one attached hydrogen (secondary N) is 2. The van der Waals surface area contributed by atoms with Crippen LogP contribution in [0.3, 0.4) is 0 Å². The molecule has 4 rings (SSSR count). The molecule has 0 saturated carbocycles. The number of carbonyl (C=O) groups is 2. The van der Waals surface area contributed by atoms with E-state index in [1.54, 1.807) is 29.0 Å². The number of hydrogen-bond acceptors (Lipinski definition) is 14. The van der Waals surface area contributed by atoms with Gasteiger partial charge >= 0.3 is 0 Å². The summed E-state index contributed by atoms with van der Waals surface area (Å²) in [6.07, 6.45) is 0.580. The van der Waals surface area contributed by atoms with E-state index in [1.165, 1.54) is 12.4 Å². The van der Waals surface area contributed by atoms with E-state index in [2.05, 4.69) is 52.5 Å². The molecule has 21 heteroatoms. The van der Waals surface area contributed by atoms with Gasteiger partial charge in [-0.25, -0.2) is 9.97 Å². The minimum atomic E-state index is -0.988. The van der Waals surface area contributed by atoms with Gasteiger partial charge in [0.2, 0.25) is 5.91 Å². The van der Waals surface area contributed by atoms with Crippen molar-refractivity contribution in [2.45, 2.75) is 31.1 Å². The Hall–Kier alpha value is -5.68. The van der Waals surface area contributed by atoms with E-state index < -0.39 is 30.6 Å². The second-order valence-corrected chi connectivity index (χ2v) is 10.6. The minimum absolute atomic E-state index is 0.000338. The Morgan fingerprint density at radius 3 is 2.88 bits per heavy atom. The Bertz CT molecular complexity index is 1800. The van der Waals surface area contributed by atoms with Crippen molar-refractivity contribution in [1.82, 2.24) is 25.2 Å². The molecule has 1 fully saturated rings. The predicted molar refractivity (Wildman–Crippen MR) is 179 cm³/mol. The van der Waals surface area contributed by atoms with Crippen molar-refractivity contribution in [2.75, 3.05) is 65.1 Å². The van der Waals surface area contributed by atoms with E-state index in [0.717, 1.165) is 0 Å². The van der Waals surface area contributed by atoms with Crippen LogP contribution in [0.25, 0.3) is 31.9 Å². The maximum absolute atomic E-state index is 12.3. The molecule has 0 radical (unpaired) electrons. The van der Waals surface area contributed by atoms with Crippen molar-refractivity contribution in [3.05, 3.63) is 68.8 Å². The Balaban J connectivity index is 1.22. The molecule has 2 amide bonds. The first kappa shape index (κ1) is 38.1. The molecule has 1 aliphatic heterocycles. The number of amides is 2. The highest BCUT2D eigenvalue weighted by Crippen LogP contribution is 2.35. The van der Waals surface area contributed by atoms with Crippen molar-refractivity contribution < 1.29 is 38.4 Å². The van der Waals surface area contributed by atoms with E-state index in [0.29, 0.717) is 47.4 Å². The van der Waals surface area contributed by atoms with Gasteiger partial charge in [0.1, 0.15) is 55.8 Å². The fourth-order valence-corrected chi connectivity index (χ4v) is 4.88. The summed E-state index contributed by atoms with van der Waals surface area (Å²) in [7, 11) is 0. The summed E-state index contributed by atoms with van der Waals surface area (Å²) in [6, 6.07) is 6.45. The van der Waals surface area contributed by atoms with Crippen LogP contribution in [-0.2, 0) is 23.7 Å². The lowest BCUT2D eigenvalue weighted by Gasteiger charge is -2.15. The fourth-order valence-electron chi connectivity index (χ4n) is 4.88. The van der Waals surface area contributed by atoms with E-state index in [9.17, 15) is 14.7 Å². The molecular formula is C30H37N13O8. The van der Waals surface area contributed by atoms with Gasteiger partial charge in [-0.2, -0.15) is 0 Å². The molecule has 0 spiro atoms. The van der Waals surface area contributed by atoms with Crippen LogP contribution in [0, 0.1) is 11.8 Å². The molecule has 3 aromatic rings. The molecule has 1 saturated heterocycles. The van der Waals surface area contributed by atoms with Crippen molar-refractivity contribution >= 4 is 28.7 Å². The predicted octanol–water partition coefficient (Wildman–Crippen LogP) is 0.851. The molecule has 7 N–H and O–H groups in total. The summed E-state index contributed by atoms with van der Waals surface area (Å²) >= 11 is 0. The second kappa shape index (κ2) is 20.1. The first-order valence-electron chi connectivity index (χ1n) is 15.6. The number of aliphatic hydroxyl groups is 1. The zero-order chi connectivity index (χ0) is 36.4. The van der Waals surface area contributed by atoms with Gasteiger partial charge in [0, 0.05) is 41.1 Å². The largest absolute Gasteiger partial charge is 0.491 e. The highest BCUT2D eigenvalue weighted by atomic mass is 16.6. The molecule has 2 aromatic heterocycles. The third kappa shape index (κ3) is 11.2. The molecule has 4 unspecified atom stereocenters. The Labute approximate surface area is 290 Å². The van der Waals surface area contributed by atoms with Crippen molar-refractivity contribution in [1.29, 1.82) is 0 Å². The number of aliphatic hydroxyl groups excluding tert-OH is 1. The van der Waals surface area contributed by atoms with E-state index >= 15 is 0 Å². The topological polar surface area (TPSA) is 305 Å². The lowest BCUT2D eigenvalue weighted by atomic mass is 10.2. The van der Waals surface area contributed by atoms with Gasteiger partial charge in [-0.3, -0.25) is 9.59 Å². The first-order valence-corrected chi connectivity index (χ1v) is 15.6. The summed E-state index contributed by atoms with van der Waals surface area (Å²) in [6.45, 7) is -0.264. The molecule has 21 nitrogen and oxygen atoms in total. The zero-order valence-electron chi connectivity index (χ0n) is 27.3. The maximum Gasteiger partial charge on any atom is 0.251 e. The minimum Gasteiger partial charge on any atom is -0.491 e. The third-order valence-corrected chi connectivity index (χ3v) is 7.19. The number of rotatable bonds is 19. The molecule has 3 heterocycles. The second-order valence-electron chi connectivity index (χ2n) is 10.6. The van der Waals surface area contributed by atoms with Crippen LogP contribution >= 0.6 is 0 Å². The number of azide groups is 2. The summed E-state index contributed by atoms with van der Waals surface area (Å²) < 4.78 is 29.7. The van der Waals surface area contributed by atoms with Gasteiger partial charge in [-0.15, -0.1) is 0 Å². The summed E-state index contributed by atoms with van der Waals surface area (Å²) in [4.78, 5) is 38.2. The summed E-state index contributed by atoms with van der Waals surface area (Å²) in [5.41, 5.74) is 30.3. The fraction of sp³-hybridized carbons (Fsp3) is 0.467. The van der Waals surface area contributed by atoms with E-state index in [1.807, 2.05) is 0 Å². The van der Waals surface area contributed by atoms with Crippen LogP contribution in [0.4, 0.5) is 5.82 Å². The van der Waals surface area contributed by atoms with Crippen molar-refractivity contribution in [3.63, 3.8) is 0 Å². The lowest BCUT2D eigenvalue weighted by Crippen LogP contribution is -2.29. The van der Waals surface area contributed by atoms with Crippen LogP contribution < -0.4 is 26.8 Å². The lowest BCUT2D eigenvalue weighted by molar-refractivity contribution is -0.126.